The highest BCUT2D eigenvalue weighted by molar-refractivity contribution is 5.91. The number of nitro benzene ring substituents is 1. The third-order valence-corrected chi connectivity index (χ3v) is 2.07. The second kappa shape index (κ2) is 6.60. The summed E-state index contributed by atoms with van der Waals surface area (Å²) in [6.07, 6.45) is -0.349. The van der Waals surface area contributed by atoms with Crippen LogP contribution in [0, 0.1) is 15.9 Å². The Morgan fingerprint density at radius 2 is 2.05 bits per heavy atom. The zero-order valence-corrected chi connectivity index (χ0v) is 10.8. The predicted molar refractivity (Wildman–Crippen MR) is 64.6 cm³/mol. The summed E-state index contributed by atoms with van der Waals surface area (Å²) in [7, 11) is 0. The fourth-order valence-electron chi connectivity index (χ4n) is 1.29. The van der Waals surface area contributed by atoms with Crippen molar-refractivity contribution in [3.05, 3.63) is 39.7 Å². The van der Waals surface area contributed by atoms with Crippen molar-refractivity contribution in [1.82, 2.24) is 0 Å². The first-order valence-electron chi connectivity index (χ1n) is 5.61. The van der Waals surface area contributed by atoms with Crippen molar-refractivity contribution in [1.29, 1.82) is 0 Å². The molecule has 0 bridgehead atoms. The molecule has 0 aliphatic rings. The summed E-state index contributed by atoms with van der Waals surface area (Å²) in [5.41, 5.74) is -0.980. The van der Waals surface area contributed by atoms with Crippen LogP contribution in [-0.4, -0.2) is 29.6 Å². The summed E-state index contributed by atoms with van der Waals surface area (Å²) in [4.78, 5) is 32.1. The van der Waals surface area contributed by atoms with Crippen LogP contribution in [0.25, 0.3) is 0 Å². The van der Waals surface area contributed by atoms with Gasteiger partial charge < -0.3 is 9.47 Å². The summed E-state index contributed by atoms with van der Waals surface area (Å²) >= 11 is 0. The van der Waals surface area contributed by atoms with Crippen LogP contribution in [0.5, 0.6) is 0 Å². The molecule has 0 unspecified atom stereocenters. The van der Waals surface area contributed by atoms with Gasteiger partial charge in [0.1, 0.15) is 0 Å². The number of halogens is 1. The highest BCUT2D eigenvalue weighted by Crippen LogP contribution is 2.18. The van der Waals surface area contributed by atoms with Crippen LogP contribution in [0.15, 0.2) is 18.2 Å². The zero-order chi connectivity index (χ0) is 15.3. The number of benzene rings is 1. The Labute approximate surface area is 113 Å². The van der Waals surface area contributed by atoms with Crippen molar-refractivity contribution in [3.63, 3.8) is 0 Å². The second-order valence-electron chi connectivity index (χ2n) is 4.04. The molecule has 0 radical (unpaired) electrons. The highest BCUT2D eigenvalue weighted by atomic mass is 19.1. The molecule has 0 aromatic heterocycles. The van der Waals surface area contributed by atoms with Gasteiger partial charge in [-0.2, -0.15) is 4.39 Å². The van der Waals surface area contributed by atoms with E-state index in [4.69, 9.17) is 4.74 Å². The van der Waals surface area contributed by atoms with E-state index in [1.165, 1.54) is 0 Å². The Bertz CT molecular complexity index is 543. The number of nitrogens with zero attached hydrogens (tertiary/aromatic N) is 1. The maximum absolute atomic E-state index is 13.3. The van der Waals surface area contributed by atoms with Gasteiger partial charge in [-0.15, -0.1) is 0 Å². The molecule has 1 aromatic rings. The molecule has 0 N–H and O–H groups in total. The number of nitro groups is 1. The number of hydrogen-bond donors (Lipinski definition) is 0. The standard InChI is InChI=1S/C12H12FNO6/c1-7(2)20-11(15)6-19-12(16)8-3-4-10(14(17)18)9(13)5-8/h3-5,7H,6H2,1-2H3. The minimum Gasteiger partial charge on any atom is -0.460 e. The Kier molecular flexibility index (Phi) is 5.13. The third kappa shape index (κ3) is 4.30. The first-order chi connectivity index (χ1) is 9.31. The van der Waals surface area contributed by atoms with Gasteiger partial charge in [0.15, 0.2) is 6.61 Å². The minimum atomic E-state index is -1.16. The summed E-state index contributed by atoms with van der Waals surface area (Å²) in [6.45, 7) is 2.65. The average molecular weight is 285 g/mol. The van der Waals surface area contributed by atoms with Crippen LogP contribution >= 0.6 is 0 Å². The molecule has 0 aliphatic carbocycles. The lowest BCUT2D eigenvalue weighted by molar-refractivity contribution is -0.387. The van der Waals surface area contributed by atoms with Crippen LogP contribution in [0.4, 0.5) is 10.1 Å². The summed E-state index contributed by atoms with van der Waals surface area (Å²) < 4.78 is 22.6. The van der Waals surface area contributed by atoms with Crippen LogP contribution in [0.1, 0.15) is 24.2 Å². The second-order valence-corrected chi connectivity index (χ2v) is 4.04. The third-order valence-electron chi connectivity index (χ3n) is 2.07. The van der Waals surface area contributed by atoms with Gasteiger partial charge in [0.25, 0.3) is 0 Å². The number of esters is 2. The molecule has 8 heteroatoms. The van der Waals surface area contributed by atoms with Crippen molar-refractivity contribution < 1.29 is 28.4 Å². The predicted octanol–water partition coefficient (Wildman–Crippen LogP) is 1.84. The number of carbonyl (C=O) groups excluding carboxylic acids is 2. The van der Waals surface area contributed by atoms with Gasteiger partial charge in [-0.1, -0.05) is 0 Å². The largest absolute Gasteiger partial charge is 0.460 e. The molecule has 20 heavy (non-hydrogen) atoms. The monoisotopic (exact) mass is 285 g/mol. The highest BCUT2D eigenvalue weighted by Gasteiger charge is 2.18. The van der Waals surface area contributed by atoms with Crippen molar-refractivity contribution in [2.24, 2.45) is 0 Å². The van der Waals surface area contributed by atoms with Gasteiger partial charge in [0, 0.05) is 6.07 Å². The van der Waals surface area contributed by atoms with Crippen LogP contribution < -0.4 is 0 Å². The first-order valence-corrected chi connectivity index (χ1v) is 5.61. The molecule has 1 aromatic carbocycles. The van der Waals surface area contributed by atoms with Crippen molar-refractivity contribution in [2.45, 2.75) is 20.0 Å². The van der Waals surface area contributed by atoms with E-state index in [9.17, 15) is 24.1 Å². The molecule has 0 spiro atoms. The Balaban J connectivity index is 2.67. The number of carbonyl (C=O) groups is 2. The molecule has 7 nitrogen and oxygen atoms in total. The maximum Gasteiger partial charge on any atom is 0.344 e. The molecular weight excluding hydrogens is 273 g/mol. The van der Waals surface area contributed by atoms with Crippen LogP contribution in [0.3, 0.4) is 0 Å². The Morgan fingerprint density at radius 1 is 1.40 bits per heavy atom. The lowest BCUT2D eigenvalue weighted by Gasteiger charge is -2.08. The van der Waals surface area contributed by atoms with Crippen LogP contribution in [-0.2, 0) is 14.3 Å². The van der Waals surface area contributed by atoms with E-state index in [0.29, 0.717) is 6.07 Å². The van der Waals surface area contributed by atoms with E-state index in [1.54, 1.807) is 13.8 Å². The Morgan fingerprint density at radius 3 is 2.55 bits per heavy atom. The van der Waals surface area contributed by atoms with Gasteiger partial charge in [-0.25, -0.2) is 9.59 Å². The smallest absolute Gasteiger partial charge is 0.344 e. The molecule has 0 atom stereocenters. The Hall–Kier alpha value is -2.51. The van der Waals surface area contributed by atoms with Gasteiger partial charge in [0.2, 0.25) is 5.82 Å². The number of ether oxygens (including phenoxy) is 2. The van der Waals surface area contributed by atoms with E-state index >= 15 is 0 Å². The summed E-state index contributed by atoms with van der Waals surface area (Å²) in [6, 6.07) is 2.56. The molecule has 0 heterocycles. The molecule has 108 valence electrons. The normalized spacial score (nSPS) is 10.2. The lowest BCUT2D eigenvalue weighted by Crippen LogP contribution is -2.19. The molecule has 0 fully saturated rings. The van der Waals surface area contributed by atoms with Crippen LogP contribution in [0.2, 0.25) is 0 Å². The SMILES string of the molecule is CC(C)OC(=O)COC(=O)c1ccc([N+](=O)[O-])c(F)c1. The fourth-order valence-corrected chi connectivity index (χ4v) is 1.29. The zero-order valence-electron chi connectivity index (χ0n) is 10.8. The maximum atomic E-state index is 13.3. The van der Waals surface area contributed by atoms with E-state index in [0.717, 1.165) is 12.1 Å². The van der Waals surface area contributed by atoms with E-state index < -0.39 is 35.0 Å². The van der Waals surface area contributed by atoms with Crippen molar-refractivity contribution in [2.75, 3.05) is 6.61 Å². The van der Waals surface area contributed by atoms with E-state index in [-0.39, 0.29) is 11.7 Å². The topological polar surface area (TPSA) is 95.7 Å². The first kappa shape index (κ1) is 15.5. The van der Waals surface area contributed by atoms with Crippen molar-refractivity contribution >= 4 is 17.6 Å². The molecule has 0 aliphatic heterocycles. The molecule has 1 rings (SSSR count). The summed E-state index contributed by atoms with van der Waals surface area (Å²) in [5, 5.41) is 10.4. The van der Waals surface area contributed by atoms with Crippen molar-refractivity contribution in [3.8, 4) is 0 Å². The summed E-state index contributed by atoms with van der Waals surface area (Å²) in [5.74, 6) is -2.87. The van der Waals surface area contributed by atoms with Gasteiger partial charge >= 0.3 is 17.6 Å². The fraction of sp³-hybridized carbons (Fsp3) is 0.333. The van der Waals surface area contributed by atoms with E-state index in [1.807, 2.05) is 0 Å². The van der Waals surface area contributed by atoms with Gasteiger partial charge in [0.05, 0.1) is 16.6 Å². The van der Waals surface area contributed by atoms with Gasteiger partial charge in [-0.05, 0) is 26.0 Å². The average Bonchev–Trinajstić information content (AvgIpc) is 2.34. The molecule has 0 amide bonds. The molecular formula is C12H12FNO6. The van der Waals surface area contributed by atoms with Gasteiger partial charge in [-0.3, -0.25) is 10.1 Å². The number of hydrogen-bond acceptors (Lipinski definition) is 6. The molecule has 0 saturated heterocycles. The minimum absolute atomic E-state index is 0.231. The quantitative estimate of drug-likeness (QED) is 0.465. The lowest BCUT2D eigenvalue weighted by atomic mass is 10.2. The number of rotatable bonds is 5. The molecule has 0 saturated carbocycles. The van der Waals surface area contributed by atoms with E-state index in [2.05, 4.69) is 4.74 Å².